The van der Waals surface area contributed by atoms with E-state index in [9.17, 15) is 8.78 Å². The molecule has 3 rings (SSSR count). The van der Waals surface area contributed by atoms with Gasteiger partial charge >= 0.3 is 0 Å². The molecule has 1 aromatic carbocycles. The molecule has 2 aromatic rings. The van der Waals surface area contributed by atoms with Crippen LogP contribution in [0.1, 0.15) is 30.0 Å². The third kappa shape index (κ3) is 1.64. The van der Waals surface area contributed by atoms with E-state index in [2.05, 4.69) is 10.3 Å². The molecule has 4 heteroatoms. The van der Waals surface area contributed by atoms with Crippen LogP contribution in [-0.2, 0) is 0 Å². The second-order valence-corrected chi connectivity index (χ2v) is 4.83. The third-order valence-electron chi connectivity index (χ3n) is 3.44. The van der Waals surface area contributed by atoms with Crippen LogP contribution in [0, 0.1) is 18.6 Å². The van der Waals surface area contributed by atoms with Gasteiger partial charge in [0.15, 0.2) is 0 Å². The first kappa shape index (κ1) is 11.4. The zero-order valence-electron chi connectivity index (χ0n) is 10.3. The van der Waals surface area contributed by atoms with Crippen molar-refractivity contribution in [3.8, 4) is 0 Å². The second kappa shape index (κ2) is 3.90. The average molecular weight is 248 g/mol. The smallest absolute Gasteiger partial charge is 0.149 e. The van der Waals surface area contributed by atoms with E-state index >= 15 is 0 Å². The number of fused-ring (bicyclic) bond motifs is 1. The maximum absolute atomic E-state index is 14.1. The van der Waals surface area contributed by atoms with Gasteiger partial charge in [-0.05, 0) is 37.5 Å². The highest BCUT2D eigenvalue weighted by molar-refractivity contribution is 5.93. The zero-order valence-corrected chi connectivity index (χ0v) is 10.3. The lowest BCUT2D eigenvalue weighted by Gasteiger charge is -2.11. The summed E-state index contributed by atoms with van der Waals surface area (Å²) in [4.78, 5) is 4.29. The topological polar surface area (TPSA) is 24.9 Å². The van der Waals surface area contributed by atoms with Crippen molar-refractivity contribution in [2.45, 2.75) is 25.7 Å². The van der Waals surface area contributed by atoms with Crippen molar-refractivity contribution in [3.05, 3.63) is 35.0 Å². The van der Waals surface area contributed by atoms with Gasteiger partial charge < -0.3 is 5.32 Å². The van der Waals surface area contributed by atoms with Crippen LogP contribution < -0.4 is 5.32 Å². The molecular formula is C14H14F2N2. The minimum Gasteiger partial charge on any atom is -0.387 e. The predicted molar refractivity (Wildman–Crippen MR) is 67.9 cm³/mol. The Labute approximate surface area is 104 Å². The van der Waals surface area contributed by atoms with E-state index in [1.165, 1.54) is 6.07 Å². The van der Waals surface area contributed by atoms with E-state index in [1.807, 2.05) is 6.07 Å². The molecule has 1 fully saturated rings. The molecule has 0 unspecified atom stereocenters. The number of halogens is 2. The Hall–Kier alpha value is -1.71. The summed E-state index contributed by atoms with van der Waals surface area (Å²) in [5.74, 6) is -0.446. The van der Waals surface area contributed by atoms with Gasteiger partial charge in [-0.2, -0.15) is 0 Å². The van der Waals surface area contributed by atoms with Gasteiger partial charge in [0.05, 0.1) is 5.39 Å². The standard InChI is InChI=1S/C14H14F2N2/c1-7-5-9(15)14-12(13(7)16)11(17-2)6-10(18-14)8-3-4-8/h5-6,8H,3-4H2,1-2H3,(H,17,18). The maximum Gasteiger partial charge on any atom is 0.149 e. The van der Waals surface area contributed by atoms with Crippen LogP contribution in [0.2, 0.25) is 0 Å². The summed E-state index contributed by atoms with van der Waals surface area (Å²) in [5, 5.41) is 3.19. The first-order valence-corrected chi connectivity index (χ1v) is 6.09. The van der Waals surface area contributed by atoms with E-state index < -0.39 is 11.6 Å². The average Bonchev–Trinajstić information content (AvgIpc) is 3.18. The minimum absolute atomic E-state index is 0.131. The summed E-state index contributed by atoms with van der Waals surface area (Å²) in [5.41, 5.74) is 1.90. The first-order chi connectivity index (χ1) is 8.61. The van der Waals surface area contributed by atoms with Crippen LogP contribution in [0.25, 0.3) is 10.9 Å². The molecule has 1 aliphatic carbocycles. The van der Waals surface area contributed by atoms with Gasteiger partial charge in [-0.15, -0.1) is 0 Å². The minimum atomic E-state index is -0.456. The molecule has 1 aromatic heterocycles. The Bertz CT molecular complexity index is 633. The summed E-state index contributed by atoms with van der Waals surface area (Å²) in [6, 6.07) is 3.04. The summed E-state index contributed by atoms with van der Waals surface area (Å²) in [7, 11) is 1.71. The number of aryl methyl sites for hydroxylation is 1. The van der Waals surface area contributed by atoms with Crippen molar-refractivity contribution in [2.75, 3.05) is 12.4 Å². The van der Waals surface area contributed by atoms with Crippen LogP contribution in [0.3, 0.4) is 0 Å². The van der Waals surface area contributed by atoms with E-state index in [-0.39, 0.29) is 10.9 Å². The van der Waals surface area contributed by atoms with Crippen molar-refractivity contribution >= 4 is 16.6 Å². The van der Waals surface area contributed by atoms with Crippen molar-refractivity contribution < 1.29 is 8.78 Å². The van der Waals surface area contributed by atoms with Gasteiger partial charge in [0.2, 0.25) is 0 Å². The molecule has 0 saturated heterocycles. The quantitative estimate of drug-likeness (QED) is 0.875. The van der Waals surface area contributed by atoms with Crippen LogP contribution in [0.15, 0.2) is 12.1 Å². The number of aromatic nitrogens is 1. The van der Waals surface area contributed by atoms with Crippen molar-refractivity contribution in [1.29, 1.82) is 0 Å². The van der Waals surface area contributed by atoms with E-state index in [4.69, 9.17) is 0 Å². The molecule has 1 heterocycles. The lowest BCUT2D eigenvalue weighted by molar-refractivity contribution is 0.607. The summed E-state index contributed by atoms with van der Waals surface area (Å²) in [6.45, 7) is 1.56. The van der Waals surface area contributed by atoms with Crippen LogP contribution in [0.5, 0.6) is 0 Å². The molecule has 0 spiro atoms. The number of benzene rings is 1. The molecule has 94 valence electrons. The van der Waals surface area contributed by atoms with Gasteiger partial charge in [-0.25, -0.2) is 13.8 Å². The van der Waals surface area contributed by atoms with Crippen molar-refractivity contribution in [1.82, 2.24) is 4.98 Å². The molecule has 0 aliphatic heterocycles. The van der Waals surface area contributed by atoms with Gasteiger partial charge in [-0.3, -0.25) is 0 Å². The largest absolute Gasteiger partial charge is 0.387 e. The van der Waals surface area contributed by atoms with Crippen molar-refractivity contribution in [2.24, 2.45) is 0 Å². The zero-order chi connectivity index (χ0) is 12.9. The molecule has 1 aliphatic rings. The molecule has 2 nitrogen and oxygen atoms in total. The number of pyridine rings is 1. The fourth-order valence-electron chi connectivity index (χ4n) is 2.26. The Balaban J connectivity index is 2.38. The third-order valence-corrected chi connectivity index (χ3v) is 3.44. The fourth-order valence-corrected chi connectivity index (χ4v) is 2.26. The molecule has 0 atom stereocenters. The molecule has 18 heavy (non-hydrogen) atoms. The number of anilines is 1. The predicted octanol–water partition coefficient (Wildman–Crippen LogP) is 3.74. The normalized spacial score (nSPS) is 15.1. The lowest BCUT2D eigenvalue weighted by atomic mass is 10.1. The number of hydrogen-bond acceptors (Lipinski definition) is 2. The Morgan fingerprint density at radius 3 is 2.61 bits per heavy atom. The summed E-state index contributed by atoms with van der Waals surface area (Å²) in [6.07, 6.45) is 2.16. The molecule has 1 saturated carbocycles. The number of nitrogens with zero attached hydrogens (tertiary/aromatic N) is 1. The first-order valence-electron chi connectivity index (χ1n) is 6.09. The Morgan fingerprint density at radius 2 is 2.00 bits per heavy atom. The molecule has 0 radical (unpaired) electrons. The molecular weight excluding hydrogens is 234 g/mol. The van der Waals surface area contributed by atoms with E-state index in [0.717, 1.165) is 18.5 Å². The maximum atomic E-state index is 14.1. The van der Waals surface area contributed by atoms with Gasteiger partial charge in [0, 0.05) is 24.3 Å². The summed E-state index contributed by atoms with van der Waals surface area (Å²) >= 11 is 0. The van der Waals surface area contributed by atoms with Crippen LogP contribution >= 0.6 is 0 Å². The fraction of sp³-hybridized carbons (Fsp3) is 0.357. The van der Waals surface area contributed by atoms with Gasteiger partial charge in [-0.1, -0.05) is 0 Å². The van der Waals surface area contributed by atoms with Crippen LogP contribution in [-0.4, -0.2) is 12.0 Å². The Morgan fingerprint density at radius 1 is 1.28 bits per heavy atom. The van der Waals surface area contributed by atoms with E-state index in [1.54, 1.807) is 14.0 Å². The highest BCUT2D eigenvalue weighted by atomic mass is 19.1. The molecule has 0 bridgehead atoms. The monoisotopic (exact) mass is 248 g/mol. The Kier molecular flexibility index (Phi) is 2.47. The lowest BCUT2D eigenvalue weighted by Crippen LogP contribution is -2.00. The van der Waals surface area contributed by atoms with Crippen molar-refractivity contribution in [3.63, 3.8) is 0 Å². The van der Waals surface area contributed by atoms with Crippen LogP contribution in [0.4, 0.5) is 14.5 Å². The van der Waals surface area contributed by atoms with E-state index in [0.29, 0.717) is 17.2 Å². The molecule has 0 amide bonds. The van der Waals surface area contributed by atoms with Gasteiger partial charge in [0.1, 0.15) is 17.2 Å². The number of nitrogens with one attached hydrogen (secondary N) is 1. The highest BCUT2D eigenvalue weighted by Crippen LogP contribution is 2.41. The summed E-state index contributed by atoms with van der Waals surface area (Å²) < 4.78 is 28.1. The number of hydrogen-bond donors (Lipinski definition) is 1. The SMILES string of the molecule is CNc1cc(C2CC2)nc2c(F)cc(C)c(F)c12. The number of rotatable bonds is 2. The molecule has 1 N–H and O–H groups in total. The highest BCUT2D eigenvalue weighted by Gasteiger charge is 2.27. The van der Waals surface area contributed by atoms with Gasteiger partial charge in [0.25, 0.3) is 0 Å². The second-order valence-electron chi connectivity index (χ2n) is 4.83.